The molecule has 0 saturated heterocycles. The monoisotopic (exact) mass is 252 g/mol. The predicted octanol–water partition coefficient (Wildman–Crippen LogP) is 4.67. The largest absolute Gasteiger partial charge is 0.508 e. The Hall–Kier alpha value is -1.18. The van der Waals surface area contributed by atoms with Gasteiger partial charge in [-0.2, -0.15) is 0 Å². The Morgan fingerprint density at radius 1 is 0.938 bits per heavy atom. The van der Waals surface area contributed by atoms with Gasteiger partial charge in [-0.15, -0.1) is 0 Å². The number of benzene rings is 2. The van der Waals surface area contributed by atoms with Crippen LogP contribution in [-0.4, -0.2) is 5.11 Å². The van der Waals surface area contributed by atoms with Crippen LogP contribution in [0.2, 0.25) is 10.0 Å². The molecule has 0 spiro atoms. The van der Waals surface area contributed by atoms with Gasteiger partial charge in [0.15, 0.2) is 0 Å². The molecular weight excluding hydrogens is 243 g/mol. The second-order valence-corrected chi connectivity index (χ2v) is 4.53. The Morgan fingerprint density at radius 3 is 2.12 bits per heavy atom. The Kier molecular flexibility index (Phi) is 3.08. The third kappa shape index (κ3) is 2.31. The number of phenolic OH excluding ortho intramolecular Hbond substituents is 1. The normalized spacial score (nSPS) is 10.4. The van der Waals surface area contributed by atoms with Crippen molar-refractivity contribution < 1.29 is 5.11 Å². The molecule has 82 valence electrons. The maximum Gasteiger partial charge on any atom is 0.115 e. The summed E-state index contributed by atoms with van der Waals surface area (Å²) in [6, 6.07) is 10.6. The van der Waals surface area contributed by atoms with Crippen LogP contribution in [0.4, 0.5) is 0 Å². The molecule has 1 nitrogen and oxygen atoms in total. The summed E-state index contributed by atoms with van der Waals surface area (Å²) >= 11 is 11.9. The number of halogens is 2. The van der Waals surface area contributed by atoms with Gasteiger partial charge in [-0.05, 0) is 53.9 Å². The van der Waals surface area contributed by atoms with E-state index in [2.05, 4.69) is 0 Å². The van der Waals surface area contributed by atoms with Crippen LogP contribution in [0, 0.1) is 6.92 Å². The molecule has 2 aromatic carbocycles. The minimum absolute atomic E-state index is 0.259. The van der Waals surface area contributed by atoms with E-state index in [9.17, 15) is 5.11 Å². The molecule has 16 heavy (non-hydrogen) atoms. The average molecular weight is 253 g/mol. The standard InChI is InChI=1S/C13H10Cl2O/c1-8-4-12(16)2-3-13(8)9-5-10(14)7-11(15)6-9/h2-7,16H,1H3. The first-order valence-electron chi connectivity index (χ1n) is 4.82. The van der Waals surface area contributed by atoms with Crippen LogP contribution in [0.1, 0.15) is 5.56 Å². The van der Waals surface area contributed by atoms with Crippen LogP contribution < -0.4 is 0 Å². The summed E-state index contributed by atoms with van der Waals surface area (Å²) in [4.78, 5) is 0. The van der Waals surface area contributed by atoms with E-state index in [0.29, 0.717) is 10.0 Å². The van der Waals surface area contributed by atoms with E-state index in [0.717, 1.165) is 16.7 Å². The van der Waals surface area contributed by atoms with E-state index in [-0.39, 0.29) is 5.75 Å². The van der Waals surface area contributed by atoms with Crippen molar-refractivity contribution in [2.75, 3.05) is 0 Å². The molecule has 2 aromatic rings. The number of hydrogen-bond donors (Lipinski definition) is 1. The van der Waals surface area contributed by atoms with Gasteiger partial charge in [0.2, 0.25) is 0 Å². The highest BCUT2D eigenvalue weighted by Crippen LogP contribution is 2.30. The average Bonchev–Trinajstić information content (AvgIpc) is 2.15. The Bertz CT molecular complexity index is 515. The molecule has 0 fully saturated rings. The lowest BCUT2D eigenvalue weighted by Crippen LogP contribution is -1.83. The second-order valence-electron chi connectivity index (χ2n) is 3.66. The van der Waals surface area contributed by atoms with Gasteiger partial charge < -0.3 is 5.11 Å². The van der Waals surface area contributed by atoms with Crippen LogP contribution >= 0.6 is 23.2 Å². The predicted molar refractivity (Wildman–Crippen MR) is 68.3 cm³/mol. The maximum absolute atomic E-state index is 9.34. The van der Waals surface area contributed by atoms with E-state index in [1.54, 1.807) is 18.2 Å². The minimum Gasteiger partial charge on any atom is -0.508 e. The number of phenols is 1. The van der Waals surface area contributed by atoms with E-state index in [1.165, 1.54) is 0 Å². The van der Waals surface area contributed by atoms with Crippen LogP contribution in [0.3, 0.4) is 0 Å². The highest BCUT2D eigenvalue weighted by atomic mass is 35.5. The molecule has 0 atom stereocenters. The Morgan fingerprint density at radius 2 is 1.56 bits per heavy atom. The lowest BCUT2D eigenvalue weighted by atomic mass is 10.0. The van der Waals surface area contributed by atoms with E-state index >= 15 is 0 Å². The zero-order chi connectivity index (χ0) is 11.7. The Labute approximate surface area is 104 Å². The summed E-state index contributed by atoms with van der Waals surface area (Å²) in [7, 11) is 0. The molecule has 0 unspecified atom stereocenters. The molecule has 3 heteroatoms. The van der Waals surface area contributed by atoms with Gasteiger partial charge in [-0.1, -0.05) is 29.3 Å². The van der Waals surface area contributed by atoms with Gasteiger partial charge >= 0.3 is 0 Å². The van der Waals surface area contributed by atoms with Crippen LogP contribution in [0.5, 0.6) is 5.75 Å². The summed E-state index contributed by atoms with van der Waals surface area (Å²) in [6.45, 7) is 1.93. The van der Waals surface area contributed by atoms with Gasteiger partial charge in [-0.25, -0.2) is 0 Å². The van der Waals surface area contributed by atoms with Crippen LogP contribution in [0.15, 0.2) is 36.4 Å². The zero-order valence-electron chi connectivity index (χ0n) is 8.67. The molecule has 2 rings (SSSR count). The van der Waals surface area contributed by atoms with Gasteiger partial charge in [-0.3, -0.25) is 0 Å². The number of hydrogen-bond acceptors (Lipinski definition) is 1. The fraction of sp³-hybridized carbons (Fsp3) is 0.0769. The third-order valence-electron chi connectivity index (χ3n) is 2.38. The molecule has 0 aliphatic carbocycles. The summed E-state index contributed by atoms with van der Waals surface area (Å²) in [5.41, 5.74) is 2.95. The molecule has 0 amide bonds. The van der Waals surface area contributed by atoms with Crippen molar-refractivity contribution in [1.29, 1.82) is 0 Å². The summed E-state index contributed by atoms with van der Waals surface area (Å²) in [5.74, 6) is 0.259. The van der Waals surface area contributed by atoms with Gasteiger partial charge in [0, 0.05) is 10.0 Å². The Balaban J connectivity index is 2.58. The van der Waals surface area contributed by atoms with Crippen molar-refractivity contribution in [2.45, 2.75) is 6.92 Å². The van der Waals surface area contributed by atoms with Crippen molar-refractivity contribution >= 4 is 23.2 Å². The van der Waals surface area contributed by atoms with Crippen molar-refractivity contribution in [3.63, 3.8) is 0 Å². The quantitative estimate of drug-likeness (QED) is 0.782. The summed E-state index contributed by atoms with van der Waals surface area (Å²) < 4.78 is 0. The van der Waals surface area contributed by atoms with E-state index < -0.39 is 0 Å². The summed E-state index contributed by atoms with van der Waals surface area (Å²) in [5, 5.41) is 10.6. The second kappa shape index (κ2) is 4.36. The molecule has 0 saturated carbocycles. The molecule has 0 aliphatic heterocycles. The molecule has 0 radical (unpaired) electrons. The first kappa shape index (κ1) is 11.3. The molecule has 0 aromatic heterocycles. The fourth-order valence-corrected chi connectivity index (χ4v) is 2.21. The SMILES string of the molecule is Cc1cc(O)ccc1-c1cc(Cl)cc(Cl)c1. The molecule has 0 bridgehead atoms. The number of aromatic hydroxyl groups is 1. The highest BCUT2D eigenvalue weighted by Gasteiger charge is 2.05. The molecule has 1 N–H and O–H groups in total. The fourth-order valence-electron chi connectivity index (χ4n) is 1.68. The lowest BCUT2D eigenvalue weighted by Gasteiger charge is -2.07. The third-order valence-corrected chi connectivity index (χ3v) is 2.82. The first-order valence-corrected chi connectivity index (χ1v) is 5.58. The number of rotatable bonds is 1. The zero-order valence-corrected chi connectivity index (χ0v) is 10.2. The van der Waals surface area contributed by atoms with Gasteiger partial charge in [0.1, 0.15) is 5.75 Å². The van der Waals surface area contributed by atoms with E-state index in [1.807, 2.05) is 25.1 Å². The summed E-state index contributed by atoms with van der Waals surface area (Å²) in [6.07, 6.45) is 0. The molecule has 0 heterocycles. The van der Waals surface area contributed by atoms with Gasteiger partial charge in [0.25, 0.3) is 0 Å². The first-order chi connectivity index (χ1) is 7.56. The van der Waals surface area contributed by atoms with Crippen molar-refractivity contribution in [2.24, 2.45) is 0 Å². The van der Waals surface area contributed by atoms with Crippen molar-refractivity contribution in [1.82, 2.24) is 0 Å². The minimum atomic E-state index is 0.259. The molecule has 0 aliphatic rings. The van der Waals surface area contributed by atoms with Crippen LogP contribution in [-0.2, 0) is 0 Å². The van der Waals surface area contributed by atoms with Crippen LogP contribution in [0.25, 0.3) is 11.1 Å². The van der Waals surface area contributed by atoms with Crippen molar-refractivity contribution in [3.05, 3.63) is 52.0 Å². The highest BCUT2D eigenvalue weighted by molar-refractivity contribution is 6.35. The lowest BCUT2D eigenvalue weighted by molar-refractivity contribution is 0.475. The number of aryl methyl sites for hydroxylation is 1. The van der Waals surface area contributed by atoms with Crippen molar-refractivity contribution in [3.8, 4) is 16.9 Å². The van der Waals surface area contributed by atoms with E-state index in [4.69, 9.17) is 23.2 Å². The topological polar surface area (TPSA) is 20.2 Å². The van der Waals surface area contributed by atoms with Gasteiger partial charge in [0.05, 0.1) is 0 Å². The maximum atomic E-state index is 9.34. The molecular formula is C13H10Cl2O. The smallest absolute Gasteiger partial charge is 0.115 e.